The molecular formula is C14H18N2O5. The van der Waals surface area contributed by atoms with Gasteiger partial charge in [-0.25, -0.2) is 9.89 Å². The summed E-state index contributed by atoms with van der Waals surface area (Å²) in [5, 5.41) is 6.03. The van der Waals surface area contributed by atoms with Crippen LogP contribution in [0.5, 0.6) is 17.2 Å². The van der Waals surface area contributed by atoms with E-state index in [-0.39, 0.29) is 5.89 Å². The van der Waals surface area contributed by atoms with Gasteiger partial charge in [0.25, 0.3) is 0 Å². The molecule has 0 aliphatic rings. The van der Waals surface area contributed by atoms with Crippen LogP contribution in [0.15, 0.2) is 21.3 Å². The van der Waals surface area contributed by atoms with Gasteiger partial charge in [0.15, 0.2) is 11.5 Å². The van der Waals surface area contributed by atoms with Crippen molar-refractivity contribution in [1.82, 2.24) is 10.2 Å². The smallest absolute Gasteiger partial charge is 0.434 e. The molecule has 1 N–H and O–H groups in total. The molecule has 1 heterocycles. The number of hydrogen-bond acceptors (Lipinski definition) is 6. The molecule has 2 aromatic rings. The SMILES string of the molecule is CCOc1cc(-c2n[nH]c(=O)o2)cc(OCC)c1OCC. The largest absolute Gasteiger partial charge is 0.490 e. The summed E-state index contributed by atoms with van der Waals surface area (Å²) in [5.74, 6) is 1.12. The highest BCUT2D eigenvalue weighted by molar-refractivity contribution is 5.65. The van der Waals surface area contributed by atoms with E-state index in [0.29, 0.717) is 42.6 Å². The van der Waals surface area contributed by atoms with Crippen LogP contribution < -0.4 is 20.0 Å². The van der Waals surface area contributed by atoms with Crippen LogP contribution in [0.1, 0.15) is 20.8 Å². The van der Waals surface area contributed by atoms with Crippen molar-refractivity contribution in [1.29, 1.82) is 0 Å². The van der Waals surface area contributed by atoms with Crippen LogP contribution >= 0.6 is 0 Å². The third-order valence-electron chi connectivity index (χ3n) is 2.59. The fourth-order valence-electron chi connectivity index (χ4n) is 1.87. The van der Waals surface area contributed by atoms with Gasteiger partial charge in [-0.2, -0.15) is 0 Å². The zero-order valence-corrected chi connectivity index (χ0v) is 12.3. The topological polar surface area (TPSA) is 86.6 Å². The van der Waals surface area contributed by atoms with E-state index in [0.717, 1.165) is 0 Å². The van der Waals surface area contributed by atoms with Gasteiger partial charge < -0.3 is 18.6 Å². The number of aromatic nitrogens is 2. The summed E-state index contributed by atoms with van der Waals surface area (Å²) >= 11 is 0. The van der Waals surface area contributed by atoms with Gasteiger partial charge in [0.2, 0.25) is 11.6 Å². The van der Waals surface area contributed by atoms with Crippen LogP contribution in [0, 0.1) is 0 Å². The molecule has 0 aliphatic heterocycles. The highest BCUT2D eigenvalue weighted by atomic mass is 16.5. The first-order valence-corrected chi connectivity index (χ1v) is 6.81. The van der Waals surface area contributed by atoms with Crippen molar-refractivity contribution in [2.24, 2.45) is 0 Å². The Morgan fingerprint density at radius 3 is 2.05 bits per heavy atom. The molecule has 1 aromatic carbocycles. The minimum atomic E-state index is -0.616. The van der Waals surface area contributed by atoms with Crippen LogP contribution in [0.3, 0.4) is 0 Å². The van der Waals surface area contributed by atoms with E-state index in [1.54, 1.807) is 12.1 Å². The van der Waals surface area contributed by atoms with Gasteiger partial charge in [0.05, 0.1) is 19.8 Å². The first-order chi connectivity index (χ1) is 10.2. The Kier molecular flexibility index (Phi) is 4.86. The number of H-pyrrole nitrogens is 1. The molecule has 1 aromatic heterocycles. The molecule has 0 radical (unpaired) electrons. The predicted octanol–water partition coefficient (Wildman–Crippen LogP) is 2.23. The Labute approximate surface area is 121 Å². The van der Waals surface area contributed by atoms with Crippen LogP contribution in [-0.2, 0) is 0 Å². The lowest BCUT2D eigenvalue weighted by Crippen LogP contribution is -2.03. The number of aromatic amines is 1. The van der Waals surface area contributed by atoms with Crippen molar-refractivity contribution in [2.45, 2.75) is 20.8 Å². The van der Waals surface area contributed by atoms with E-state index < -0.39 is 5.76 Å². The summed E-state index contributed by atoms with van der Waals surface area (Å²) in [6.07, 6.45) is 0. The van der Waals surface area contributed by atoms with E-state index >= 15 is 0 Å². The number of nitrogens with one attached hydrogen (secondary N) is 1. The van der Waals surface area contributed by atoms with Gasteiger partial charge in [-0.15, -0.1) is 5.10 Å². The molecule has 2 rings (SSSR count). The van der Waals surface area contributed by atoms with Gasteiger partial charge in [-0.1, -0.05) is 0 Å². The Morgan fingerprint density at radius 1 is 1.05 bits per heavy atom. The van der Waals surface area contributed by atoms with E-state index in [1.165, 1.54) is 0 Å². The molecule has 0 atom stereocenters. The van der Waals surface area contributed by atoms with Gasteiger partial charge in [-0.3, -0.25) is 0 Å². The van der Waals surface area contributed by atoms with Gasteiger partial charge >= 0.3 is 5.76 Å². The lowest BCUT2D eigenvalue weighted by Gasteiger charge is -2.16. The highest BCUT2D eigenvalue weighted by Gasteiger charge is 2.18. The summed E-state index contributed by atoms with van der Waals surface area (Å²) in [6.45, 7) is 7.05. The summed E-state index contributed by atoms with van der Waals surface area (Å²) in [4.78, 5) is 11.1. The minimum Gasteiger partial charge on any atom is -0.490 e. The van der Waals surface area contributed by atoms with E-state index in [1.807, 2.05) is 20.8 Å². The first kappa shape index (κ1) is 15.0. The maximum Gasteiger partial charge on any atom is 0.434 e. The second-order valence-electron chi connectivity index (χ2n) is 4.02. The third-order valence-corrected chi connectivity index (χ3v) is 2.59. The number of benzene rings is 1. The van der Waals surface area contributed by atoms with Gasteiger partial charge in [-0.05, 0) is 32.9 Å². The monoisotopic (exact) mass is 294 g/mol. The third kappa shape index (κ3) is 3.36. The van der Waals surface area contributed by atoms with Crippen molar-refractivity contribution in [3.8, 4) is 28.7 Å². The van der Waals surface area contributed by atoms with Crippen LogP contribution in [0.4, 0.5) is 0 Å². The van der Waals surface area contributed by atoms with Crippen molar-refractivity contribution >= 4 is 0 Å². The molecule has 0 bridgehead atoms. The summed E-state index contributed by atoms with van der Waals surface area (Å²) in [5.41, 5.74) is 0.573. The van der Waals surface area contributed by atoms with E-state index in [2.05, 4.69) is 10.2 Å². The number of ether oxygens (including phenoxy) is 3. The molecule has 21 heavy (non-hydrogen) atoms. The molecule has 0 saturated heterocycles. The van der Waals surface area contributed by atoms with Crippen LogP contribution in [0.25, 0.3) is 11.5 Å². The minimum absolute atomic E-state index is 0.171. The van der Waals surface area contributed by atoms with Crippen molar-refractivity contribution < 1.29 is 18.6 Å². The Balaban J connectivity index is 2.54. The number of rotatable bonds is 7. The van der Waals surface area contributed by atoms with Crippen molar-refractivity contribution in [3.63, 3.8) is 0 Å². The molecule has 0 amide bonds. The summed E-state index contributed by atoms with van der Waals surface area (Å²) < 4.78 is 21.7. The average molecular weight is 294 g/mol. The van der Waals surface area contributed by atoms with Gasteiger partial charge in [0, 0.05) is 5.56 Å². The van der Waals surface area contributed by atoms with Crippen molar-refractivity contribution in [2.75, 3.05) is 19.8 Å². The standard InChI is InChI=1S/C14H18N2O5/c1-4-18-10-7-9(13-15-16-14(17)21-13)8-11(19-5-2)12(10)20-6-3/h7-8H,4-6H2,1-3H3,(H,16,17). The van der Waals surface area contributed by atoms with Crippen molar-refractivity contribution in [3.05, 3.63) is 22.7 Å². The predicted molar refractivity (Wildman–Crippen MR) is 76.1 cm³/mol. The van der Waals surface area contributed by atoms with Crippen LogP contribution in [-0.4, -0.2) is 30.0 Å². The molecule has 114 valence electrons. The number of nitrogens with zero attached hydrogens (tertiary/aromatic N) is 1. The maximum atomic E-state index is 11.1. The zero-order chi connectivity index (χ0) is 15.2. The Hall–Kier alpha value is -2.44. The molecule has 0 fully saturated rings. The summed E-state index contributed by atoms with van der Waals surface area (Å²) in [6, 6.07) is 3.41. The molecular weight excluding hydrogens is 276 g/mol. The summed E-state index contributed by atoms with van der Waals surface area (Å²) in [7, 11) is 0. The molecule has 7 nitrogen and oxygen atoms in total. The normalized spacial score (nSPS) is 10.4. The molecule has 0 saturated carbocycles. The first-order valence-electron chi connectivity index (χ1n) is 6.81. The second-order valence-corrected chi connectivity index (χ2v) is 4.02. The molecule has 7 heteroatoms. The molecule has 0 spiro atoms. The fraction of sp³-hybridized carbons (Fsp3) is 0.429. The number of hydrogen-bond donors (Lipinski definition) is 1. The van der Waals surface area contributed by atoms with E-state index in [4.69, 9.17) is 18.6 Å². The molecule has 0 aliphatic carbocycles. The zero-order valence-electron chi connectivity index (χ0n) is 12.3. The van der Waals surface area contributed by atoms with Crippen LogP contribution in [0.2, 0.25) is 0 Å². The lowest BCUT2D eigenvalue weighted by atomic mass is 10.2. The fourth-order valence-corrected chi connectivity index (χ4v) is 1.87. The average Bonchev–Trinajstić information content (AvgIpc) is 2.89. The lowest BCUT2D eigenvalue weighted by molar-refractivity contribution is 0.261. The van der Waals surface area contributed by atoms with Gasteiger partial charge in [0.1, 0.15) is 0 Å². The molecule has 0 unspecified atom stereocenters. The van der Waals surface area contributed by atoms with E-state index in [9.17, 15) is 4.79 Å². The second kappa shape index (κ2) is 6.83. The Morgan fingerprint density at radius 2 is 1.62 bits per heavy atom. The quantitative estimate of drug-likeness (QED) is 0.842. The maximum absolute atomic E-state index is 11.1. The highest BCUT2D eigenvalue weighted by Crippen LogP contribution is 2.41. The Bertz CT molecular complexity index is 620.